The van der Waals surface area contributed by atoms with E-state index in [1.807, 2.05) is 36.4 Å². The summed E-state index contributed by atoms with van der Waals surface area (Å²) in [6.07, 6.45) is -1.30. The number of para-hydroxylation sites is 1. The monoisotopic (exact) mass is 409 g/mol. The van der Waals surface area contributed by atoms with Crippen LogP contribution in [0.2, 0.25) is 0 Å². The van der Waals surface area contributed by atoms with Gasteiger partial charge in [-0.15, -0.1) is 0 Å². The van der Waals surface area contributed by atoms with E-state index < -0.39 is 35.3 Å². The first-order valence-electron chi connectivity index (χ1n) is 9.23. The highest BCUT2D eigenvalue weighted by molar-refractivity contribution is 6.08. The fourth-order valence-electron chi connectivity index (χ4n) is 3.25. The van der Waals surface area contributed by atoms with E-state index in [0.717, 1.165) is 28.3 Å². The van der Waals surface area contributed by atoms with Crippen LogP contribution in [0, 0.1) is 18.6 Å². The molecule has 4 rings (SSSR count). The zero-order valence-corrected chi connectivity index (χ0v) is 16.2. The van der Waals surface area contributed by atoms with E-state index in [1.54, 1.807) is 6.92 Å². The molecule has 0 aliphatic carbocycles. The van der Waals surface area contributed by atoms with E-state index in [4.69, 9.17) is 9.15 Å². The Kier molecular flexibility index (Phi) is 4.95. The molecule has 30 heavy (non-hydrogen) atoms. The Morgan fingerprint density at radius 2 is 1.67 bits per heavy atom. The van der Waals surface area contributed by atoms with E-state index in [1.165, 1.54) is 13.0 Å². The SMILES string of the molecule is Cc1c(C(=O)O[C@H](C)C(=O)Nc2c(F)cccc2F)oc2c1ccc1ccccc12. The van der Waals surface area contributed by atoms with Gasteiger partial charge in [0, 0.05) is 16.3 Å². The van der Waals surface area contributed by atoms with Gasteiger partial charge in [0.25, 0.3) is 5.91 Å². The van der Waals surface area contributed by atoms with Crippen molar-refractivity contribution >= 4 is 39.3 Å². The molecule has 0 unspecified atom stereocenters. The van der Waals surface area contributed by atoms with Crippen LogP contribution in [0.25, 0.3) is 21.7 Å². The maximum Gasteiger partial charge on any atom is 0.375 e. The predicted octanol–water partition coefficient (Wildman–Crippen LogP) is 5.36. The second kappa shape index (κ2) is 7.59. The second-order valence-electron chi connectivity index (χ2n) is 6.85. The maximum absolute atomic E-state index is 13.7. The number of fused-ring (bicyclic) bond motifs is 3. The van der Waals surface area contributed by atoms with Gasteiger partial charge in [0.1, 0.15) is 22.9 Å². The van der Waals surface area contributed by atoms with Gasteiger partial charge in [-0.05, 0) is 31.4 Å². The molecular weight excluding hydrogens is 392 g/mol. The number of rotatable bonds is 4. The number of hydrogen-bond acceptors (Lipinski definition) is 4. The van der Waals surface area contributed by atoms with Crippen molar-refractivity contribution < 1.29 is 27.5 Å². The van der Waals surface area contributed by atoms with Crippen molar-refractivity contribution in [3.63, 3.8) is 0 Å². The van der Waals surface area contributed by atoms with E-state index >= 15 is 0 Å². The molecule has 0 radical (unpaired) electrons. The van der Waals surface area contributed by atoms with Gasteiger partial charge in [-0.2, -0.15) is 0 Å². The molecule has 0 aliphatic rings. The van der Waals surface area contributed by atoms with Crippen LogP contribution in [0.1, 0.15) is 23.0 Å². The second-order valence-corrected chi connectivity index (χ2v) is 6.85. The Morgan fingerprint density at radius 3 is 2.40 bits per heavy atom. The van der Waals surface area contributed by atoms with Crippen LogP contribution in [0.15, 0.2) is 59.0 Å². The molecule has 0 spiro atoms. The lowest BCUT2D eigenvalue weighted by atomic mass is 10.1. The number of furan rings is 1. The first-order valence-corrected chi connectivity index (χ1v) is 9.23. The quantitative estimate of drug-likeness (QED) is 0.461. The Balaban J connectivity index is 1.57. The number of carbonyl (C=O) groups is 2. The molecule has 0 aliphatic heterocycles. The van der Waals surface area contributed by atoms with E-state index in [9.17, 15) is 18.4 Å². The highest BCUT2D eigenvalue weighted by Crippen LogP contribution is 2.32. The van der Waals surface area contributed by atoms with Crippen molar-refractivity contribution in [3.8, 4) is 0 Å². The number of carbonyl (C=O) groups excluding carboxylic acids is 2. The summed E-state index contributed by atoms with van der Waals surface area (Å²) in [6, 6.07) is 14.6. The number of benzene rings is 3. The molecule has 4 aromatic rings. The van der Waals surface area contributed by atoms with Gasteiger partial charge < -0.3 is 14.5 Å². The minimum absolute atomic E-state index is 0.0296. The maximum atomic E-state index is 13.7. The summed E-state index contributed by atoms with van der Waals surface area (Å²) < 4.78 is 38.4. The largest absolute Gasteiger partial charge is 0.448 e. The number of halogens is 2. The lowest BCUT2D eigenvalue weighted by Gasteiger charge is -2.13. The van der Waals surface area contributed by atoms with Gasteiger partial charge in [0.05, 0.1) is 0 Å². The molecule has 0 saturated carbocycles. The van der Waals surface area contributed by atoms with Crippen LogP contribution in [0.4, 0.5) is 14.5 Å². The highest BCUT2D eigenvalue weighted by atomic mass is 19.1. The first-order chi connectivity index (χ1) is 14.4. The number of aryl methyl sites for hydroxylation is 1. The van der Waals surface area contributed by atoms with Crippen LogP contribution in [-0.4, -0.2) is 18.0 Å². The minimum Gasteiger partial charge on any atom is -0.448 e. The Hall–Kier alpha value is -3.74. The van der Waals surface area contributed by atoms with E-state index in [2.05, 4.69) is 5.32 Å². The zero-order valence-electron chi connectivity index (χ0n) is 16.2. The van der Waals surface area contributed by atoms with Crippen LogP contribution in [0.5, 0.6) is 0 Å². The van der Waals surface area contributed by atoms with Crippen LogP contribution in [-0.2, 0) is 9.53 Å². The standard InChI is InChI=1S/C23H17F2NO4/c1-12-15-11-10-14-6-3-4-7-16(14)21(15)30-20(12)23(28)29-13(2)22(27)26-19-17(24)8-5-9-18(19)25/h3-11,13H,1-2H3,(H,26,27)/t13-/m1/s1. The zero-order chi connectivity index (χ0) is 21.4. The van der Waals surface area contributed by atoms with Gasteiger partial charge in [-0.25, -0.2) is 13.6 Å². The van der Waals surface area contributed by atoms with Gasteiger partial charge in [-0.1, -0.05) is 42.5 Å². The molecule has 1 heterocycles. The molecule has 0 bridgehead atoms. The fourth-order valence-corrected chi connectivity index (χ4v) is 3.25. The van der Waals surface area contributed by atoms with Crippen LogP contribution in [0.3, 0.4) is 0 Å². The molecular formula is C23H17F2NO4. The summed E-state index contributed by atoms with van der Waals surface area (Å²) in [6.45, 7) is 3.02. The van der Waals surface area contributed by atoms with Gasteiger partial charge in [-0.3, -0.25) is 4.79 Å². The van der Waals surface area contributed by atoms with Crippen molar-refractivity contribution in [2.45, 2.75) is 20.0 Å². The molecule has 7 heteroatoms. The van der Waals surface area contributed by atoms with Crippen LogP contribution >= 0.6 is 0 Å². The molecule has 1 amide bonds. The summed E-state index contributed by atoms with van der Waals surface area (Å²) in [4.78, 5) is 24.9. The Morgan fingerprint density at radius 1 is 0.967 bits per heavy atom. The summed E-state index contributed by atoms with van der Waals surface area (Å²) in [7, 11) is 0. The van der Waals surface area contributed by atoms with Crippen molar-refractivity contribution in [3.05, 3.63) is 77.6 Å². The molecule has 1 N–H and O–H groups in total. The lowest BCUT2D eigenvalue weighted by Crippen LogP contribution is -2.30. The summed E-state index contributed by atoms with van der Waals surface area (Å²) in [5.74, 6) is -3.60. The molecule has 1 atom stereocenters. The van der Waals surface area contributed by atoms with Gasteiger partial charge in [0.15, 0.2) is 6.10 Å². The number of anilines is 1. The Bertz CT molecular complexity index is 1280. The lowest BCUT2D eigenvalue weighted by molar-refractivity contribution is -0.123. The summed E-state index contributed by atoms with van der Waals surface area (Å²) >= 11 is 0. The topological polar surface area (TPSA) is 68.5 Å². The van der Waals surface area contributed by atoms with E-state index in [0.29, 0.717) is 11.1 Å². The molecule has 0 fully saturated rings. The van der Waals surface area contributed by atoms with Crippen molar-refractivity contribution in [2.24, 2.45) is 0 Å². The first kappa shape index (κ1) is 19.6. The minimum atomic E-state index is -1.30. The Labute approximate surface area is 170 Å². The third-order valence-corrected chi connectivity index (χ3v) is 4.88. The van der Waals surface area contributed by atoms with Crippen molar-refractivity contribution in [1.29, 1.82) is 0 Å². The smallest absolute Gasteiger partial charge is 0.375 e. The number of nitrogens with one attached hydrogen (secondary N) is 1. The predicted molar refractivity (Wildman–Crippen MR) is 108 cm³/mol. The molecule has 0 saturated heterocycles. The van der Waals surface area contributed by atoms with E-state index in [-0.39, 0.29) is 5.76 Å². The molecule has 3 aromatic carbocycles. The third-order valence-electron chi connectivity index (χ3n) is 4.88. The number of ether oxygens (including phenoxy) is 1. The summed E-state index contributed by atoms with van der Waals surface area (Å²) in [5.41, 5.74) is 0.522. The van der Waals surface area contributed by atoms with Crippen molar-refractivity contribution in [1.82, 2.24) is 0 Å². The fraction of sp³-hybridized carbons (Fsp3) is 0.130. The third kappa shape index (κ3) is 3.39. The normalized spacial score (nSPS) is 12.1. The van der Waals surface area contributed by atoms with Crippen molar-refractivity contribution in [2.75, 3.05) is 5.32 Å². The molecule has 152 valence electrons. The number of hydrogen-bond donors (Lipinski definition) is 1. The van der Waals surface area contributed by atoms with Gasteiger partial charge >= 0.3 is 5.97 Å². The highest BCUT2D eigenvalue weighted by Gasteiger charge is 2.26. The van der Waals surface area contributed by atoms with Crippen LogP contribution < -0.4 is 5.32 Å². The number of amides is 1. The average molecular weight is 409 g/mol. The number of esters is 1. The average Bonchev–Trinajstić information content (AvgIpc) is 3.08. The molecule has 1 aromatic heterocycles. The van der Waals surface area contributed by atoms with Gasteiger partial charge in [0.2, 0.25) is 5.76 Å². The summed E-state index contributed by atoms with van der Waals surface area (Å²) in [5, 5.41) is 4.66. The molecule has 5 nitrogen and oxygen atoms in total.